The van der Waals surface area contributed by atoms with Crippen molar-refractivity contribution in [1.82, 2.24) is 0 Å². The van der Waals surface area contributed by atoms with E-state index in [-0.39, 0.29) is 5.41 Å². The number of hydrogen-bond donors (Lipinski definition) is 0. The minimum atomic E-state index is 0.212. The van der Waals surface area contributed by atoms with Crippen LogP contribution in [0.5, 0.6) is 0 Å². The molecule has 1 aromatic carbocycles. The molecule has 1 unspecified atom stereocenters. The summed E-state index contributed by atoms with van der Waals surface area (Å²) in [5.74, 6) is 1.84. The highest BCUT2D eigenvalue weighted by molar-refractivity contribution is 7.98. The van der Waals surface area contributed by atoms with Crippen LogP contribution in [0.3, 0.4) is 0 Å². The summed E-state index contributed by atoms with van der Waals surface area (Å²) in [6, 6.07) is 4.96. The van der Waals surface area contributed by atoms with Gasteiger partial charge in [-0.1, -0.05) is 33.8 Å². The van der Waals surface area contributed by atoms with Crippen LogP contribution in [0.15, 0.2) is 12.1 Å². The Hall–Kier alpha value is -0.630. The Kier molecular flexibility index (Phi) is 5.29. The van der Waals surface area contributed by atoms with Gasteiger partial charge in [0.1, 0.15) is 0 Å². The molecule has 2 rings (SSSR count). The Morgan fingerprint density at radius 2 is 1.81 bits per heavy atom. The predicted octanol–water partition coefficient (Wildman–Crippen LogP) is 5.36. The zero-order chi connectivity index (χ0) is 15.6. The van der Waals surface area contributed by atoms with E-state index < -0.39 is 0 Å². The van der Waals surface area contributed by atoms with Crippen LogP contribution in [-0.2, 0) is 5.41 Å². The summed E-state index contributed by atoms with van der Waals surface area (Å²) < 4.78 is 0. The van der Waals surface area contributed by atoms with Gasteiger partial charge in [0.15, 0.2) is 0 Å². The van der Waals surface area contributed by atoms with Gasteiger partial charge in [-0.25, -0.2) is 0 Å². The van der Waals surface area contributed by atoms with E-state index >= 15 is 0 Å². The molecule has 0 amide bonds. The molecule has 0 saturated carbocycles. The van der Waals surface area contributed by atoms with Gasteiger partial charge in [-0.3, -0.25) is 0 Å². The highest BCUT2D eigenvalue weighted by Gasteiger charge is 2.25. The maximum absolute atomic E-state index is 2.61. The highest BCUT2D eigenvalue weighted by atomic mass is 32.2. The van der Waals surface area contributed by atoms with E-state index in [0.717, 1.165) is 0 Å². The molecule has 1 fully saturated rings. The lowest BCUT2D eigenvalue weighted by Gasteiger charge is -2.31. The van der Waals surface area contributed by atoms with Crippen molar-refractivity contribution in [2.45, 2.75) is 58.8 Å². The zero-order valence-electron chi connectivity index (χ0n) is 14.6. The Labute approximate surface area is 135 Å². The molecule has 0 aromatic heterocycles. The van der Waals surface area contributed by atoms with Crippen LogP contribution in [-0.4, -0.2) is 25.1 Å². The van der Waals surface area contributed by atoms with Gasteiger partial charge >= 0.3 is 0 Å². The van der Waals surface area contributed by atoms with Crippen molar-refractivity contribution in [2.75, 3.05) is 30.0 Å². The summed E-state index contributed by atoms with van der Waals surface area (Å²) in [5, 5.41) is 0. The number of anilines is 1. The first-order chi connectivity index (χ1) is 9.84. The quantitative estimate of drug-likeness (QED) is 0.736. The molecule has 0 radical (unpaired) electrons. The molecule has 1 atom stereocenters. The van der Waals surface area contributed by atoms with E-state index in [0.29, 0.717) is 5.92 Å². The molecule has 21 heavy (non-hydrogen) atoms. The van der Waals surface area contributed by atoms with E-state index in [9.17, 15) is 0 Å². The van der Waals surface area contributed by atoms with Crippen molar-refractivity contribution in [3.63, 3.8) is 0 Å². The lowest BCUT2D eigenvalue weighted by molar-refractivity contribution is 0.587. The Balaban J connectivity index is 2.49. The van der Waals surface area contributed by atoms with Crippen LogP contribution in [0.4, 0.5) is 5.69 Å². The topological polar surface area (TPSA) is 3.24 Å². The third-order valence-electron chi connectivity index (χ3n) is 4.59. The van der Waals surface area contributed by atoms with E-state index in [1.807, 2.05) is 11.8 Å². The molecule has 0 aliphatic carbocycles. The highest BCUT2D eigenvalue weighted by Crippen LogP contribution is 2.38. The Bertz CT molecular complexity index is 481. The average Bonchev–Trinajstić information content (AvgIpc) is 2.91. The fourth-order valence-electron chi connectivity index (χ4n) is 3.40. The van der Waals surface area contributed by atoms with Gasteiger partial charge in [0.25, 0.3) is 0 Å². The van der Waals surface area contributed by atoms with Gasteiger partial charge in [0.2, 0.25) is 0 Å². The summed E-state index contributed by atoms with van der Waals surface area (Å²) in [6.45, 7) is 14.1. The summed E-state index contributed by atoms with van der Waals surface area (Å²) >= 11 is 1.95. The summed E-state index contributed by atoms with van der Waals surface area (Å²) in [7, 11) is 0. The monoisotopic (exact) mass is 305 g/mol. The smallest absolute Gasteiger partial charge is 0.0407 e. The van der Waals surface area contributed by atoms with Crippen molar-refractivity contribution in [3.05, 3.63) is 28.8 Å². The maximum Gasteiger partial charge on any atom is 0.0407 e. The maximum atomic E-state index is 2.61. The van der Waals surface area contributed by atoms with Gasteiger partial charge in [-0.15, -0.1) is 0 Å². The number of thioether (sulfide) groups is 1. The molecule has 1 aliphatic rings. The van der Waals surface area contributed by atoms with Crippen LogP contribution in [0, 0.1) is 6.92 Å². The third-order valence-corrected chi connectivity index (χ3v) is 5.42. The van der Waals surface area contributed by atoms with Crippen LogP contribution >= 0.6 is 11.8 Å². The lowest BCUT2D eigenvalue weighted by atomic mass is 9.82. The van der Waals surface area contributed by atoms with Crippen LogP contribution in [0.2, 0.25) is 0 Å². The molecule has 1 aliphatic heterocycles. The number of aryl methyl sites for hydroxylation is 1. The van der Waals surface area contributed by atoms with Crippen molar-refractivity contribution < 1.29 is 0 Å². The third kappa shape index (κ3) is 3.77. The molecular weight excluding hydrogens is 274 g/mol. The fourth-order valence-corrected chi connectivity index (χ4v) is 4.08. The van der Waals surface area contributed by atoms with Gasteiger partial charge < -0.3 is 4.90 Å². The standard InChI is InChI=1S/C19H31NS/c1-14-11-17(19(3,4)5)18(20-9-7-8-10-20)12-16(14)15(2)13-21-6/h11-12,15H,7-10,13H2,1-6H3. The summed E-state index contributed by atoms with van der Waals surface area (Å²) in [6.07, 6.45) is 4.89. The van der Waals surface area contributed by atoms with E-state index in [1.165, 1.54) is 48.5 Å². The van der Waals surface area contributed by atoms with E-state index in [1.54, 1.807) is 5.56 Å². The molecule has 0 bridgehead atoms. The van der Waals surface area contributed by atoms with Crippen molar-refractivity contribution in [3.8, 4) is 0 Å². The zero-order valence-corrected chi connectivity index (χ0v) is 15.4. The molecule has 0 spiro atoms. The van der Waals surface area contributed by atoms with Crippen molar-refractivity contribution in [2.24, 2.45) is 0 Å². The number of nitrogens with zero attached hydrogens (tertiary/aromatic N) is 1. The molecule has 1 heterocycles. The Morgan fingerprint density at radius 3 is 2.33 bits per heavy atom. The van der Waals surface area contributed by atoms with Gasteiger partial charge in [-0.2, -0.15) is 11.8 Å². The first-order valence-corrected chi connectivity index (χ1v) is 9.63. The SMILES string of the molecule is CSCC(C)c1cc(N2CCCC2)c(C(C)(C)C)cc1C. The molecule has 1 saturated heterocycles. The first-order valence-electron chi connectivity index (χ1n) is 8.23. The van der Waals surface area contributed by atoms with Crippen LogP contribution in [0.1, 0.15) is 63.1 Å². The van der Waals surface area contributed by atoms with Gasteiger partial charge in [0, 0.05) is 18.8 Å². The summed E-state index contributed by atoms with van der Waals surface area (Å²) in [5.41, 5.74) is 6.23. The average molecular weight is 306 g/mol. The second-order valence-electron chi connectivity index (χ2n) is 7.53. The normalized spacial score (nSPS) is 17.3. The molecule has 118 valence electrons. The second-order valence-corrected chi connectivity index (χ2v) is 8.44. The number of hydrogen-bond acceptors (Lipinski definition) is 2. The minimum absolute atomic E-state index is 0.212. The van der Waals surface area contributed by atoms with Crippen LogP contribution < -0.4 is 4.90 Å². The van der Waals surface area contributed by atoms with Gasteiger partial charge in [0.05, 0.1) is 0 Å². The lowest BCUT2D eigenvalue weighted by Crippen LogP contribution is -2.24. The van der Waals surface area contributed by atoms with Crippen molar-refractivity contribution in [1.29, 1.82) is 0 Å². The van der Waals surface area contributed by atoms with Crippen LogP contribution in [0.25, 0.3) is 0 Å². The number of rotatable bonds is 4. The van der Waals surface area contributed by atoms with E-state index in [2.05, 4.69) is 57.9 Å². The van der Waals surface area contributed by atoms with Crippen molar-refractivity contribution >= 4 is 17.4 Å². The van der Waals surface area contributed by atoms with Gasteiger partial charge in [-0.05, 0) is 65.9 Å². The van der Waals surface area contributed by atoms with E-state index in [4.69, 9.17) is 0 Å². The largest absolute Gasteiger partial charge is 0.371 e. The Morgan fingerprint density at radius 1 is 1.19 bits per heavy atom. The molecule has 1 aromatic rings. The number of benzene rings is 1. The predicted molar refractivity (Wildman–Crippen MR) is 98.1 cm³/mol. The fraction of sp³-hybridized carbons (Fsp3) is 0.684. The molecule has 1 nitrogen and oxygen atoms in total. The first kappa shape index (κ1) is 16.7. The summed E-state index contributed by atoms with van der Waals surface area (Å²) in [4.78, 5) is 2.61. The molecule has 0 N–H and O–H groups in total. The second kappa shape index (κ2) is 6.64. The molecule has 2 heteroatoms. The minimum Gasteiger partial charge on any atom is -0.371 e. The molecular formula is C19H31NS.